The third-order valence-electron chi connectivity index (χ3n) is 4.16. The molecule has 1 aromatic carbocycles. The maximum Gasteiger partial charge on any atom is 0.325 e. The maximum absolute atomic E-state index is 12.7. The standard InChI is InChI=1S/C21H32N2O7/c1-4-28-13-14-30-23(15-19(24)25)20(26)16(3)22-18(21(27)29-5-2)12-11-17-9-7-6-8-10-17/h6-10,16,18,22H,4-5,11-15H2,1-3H3,(H,24,25). The van der Waals surface area contributed by atoms with Crippen LogP contribution in [0.3, 0.4) is 0 Å². The first-order chi connectivity index (χ1) is 14.4. The van der Waals surface area contributed by atoms with Crippen LogP contribution in [0, 0.1) is 0 Å². The molecule has 0 fully saturated rings. The molecule has 2 atom stereocenters. The number of nitrogens with one attached hydrogen (secondary N) is 1. The predicted molar refractivity (Wildman–Crippen MR) is 110 cm³/mol. The van der Waals surface area contributed by atoms with Crippen LogP contribution >= 0.6 is 0 Å². The summed E-state index contributed by atoms with van der Waals surface area (Å²) in [4.78, 5) is 41.5. The number of carbonyl (C=O) groups is 3. The Hall–Kier alpha value is -2.49. The Labute approximate surface area is 177 Å². The molecule has 0 bridgehead atoms. The number of esters is 1. The van der Waals surface area contributed by atoms with Crippen molar-refractivity contribution in [1.82, 2.24) is 10.4 Å². The molecule has 1 rings (SSSR count). The molecule has 168 valence electrons. The first kappa shape index (κ1) is 25.5. The second kappa shape index (κ2) is 14.5. The second-order valence-corrected chi connectivity index (χ2v) is 6.52. The van der Waals surface area contributed by atoms with Gasteiger partial charge in [-0.3, -0.25) is 24.5 Å². The van der Waals surface area contributed by atoms with Gasteiger partial charge in [0.25, 0.3) is 5.91 Å². The molecule has 1 amide bonds. The minimum absolute atomic E-state index is 0.0366. The van der Waals surface area contributed by atoms with Gasteiger partial charge < -0.3 is 14.6 Å². The van der Waals surface area contributed by atoms with Gasteiger partial charge in [-0.15, -0.1) is 0 Å². The van der Waals surface area contributed by atoms with Crippen molar-refractivity contribution in [3.8, 4) is 0 Å². The highest BCUT2D eigenvalue weighted by molar-refractivity contribution is 5.85. The van der Waals surface area contributed by atoms with E-state index in [1.54, 1.807) is 13.8 Å². The molecule has 0 saturated heterocycles. The van der Waals surface area contributed by atoms with Gasteiger partial charge in [0.05, 0.1) is 25.9 Å². The minimum atomic E-state index is -1.21. The summed E-state index contributed by atoms with van der Waals surface area (Å²) in [5.74, 6) is -2.27. The molecule has 2 unspecified atom stereocenters. The number of hydrogen-bond acceptors (Lipinski definition) is 7. The maximum atomic E-state index is 12.7. The Morgan fingerprint density at radius 2 is 1.80 bits per heavy atom. The number of hydroxylamine groups is 2. The largest absolute Gasteiger partial charge is 0.480 e. The van der Waals surface area contributed by atoms with Crippen molar-refractivity contribution in [2.24, 2.45) is 0 Å². The van der Waals surface area contributed by atoms with Gasteiger partial charge in [0.2, 0.25) is 0 Å². The summed E-state index contributed by atoms with van der Waals surface area (Å²) in [5, 5.41) is 12.8. The Kier molecular flexibility index (Phi) is 12.3. The molecular formula is C21H32N2O7. The average Bonchev–Trinajstić information content (AvgIpc) is 2.73. The van der Waals surface area contributed by atoms with Crippen molar-refractivity contribution in [2.75, 3.05) is 33.0 Å². The lowest BCUT2D eigenvalue weighted by molar-refractivity contribution is -0.197. The van der Waals surface area contributed by atoms with Crippen molar-refractivity contribution in [1.29, 1.82) is 0 Å². The van der Waals surface area contributed by atoms with E-state index >= 15 is 0 Å². The molecule has 0 heterocycles. The summed E-state index contributed by atoms with van der Waals surface area (Å²) in [7, 11) is 0. The molecule has 0 aliphatic carbocycles. The number of amides is 1. The van der Waals surface area contributed by atoms with Gasteiger partial charge in [-0.2, -0.15) is 0 Å². The van der Waals surface area contributed by atoms with Crippen LogP contribution in [-0.4, -0.2) is 73.1 Å². The Balaban J connectivity index is 2.76. The fourth-order valence-electron chi connectivity index (χ4n) is 2.72. The van der Waals surface area contributed by atoms with Crippen LogP contribution < -0.4 is 5.32 Å². The fourth-order valence-corrected chi connectivity index (χ4v) is 2.72. The number of carbonyl (C=O) groups excluding carboxylic acids is 2. The molecule has 0 aliphatic rings. The zero-order valence-electron chi connectivity index (χ0n) is 17.8. The fraction of sp³-hybridized carbons (Fsp3) is 0.571. The number of aliphatic carboxylic acids is 1. The summed E-state index contributed by atoms with van der Waals surface area (Å²) in [5.41, 5.74) is 1.05. The lowest BCUT2D eigenvalue weighted by Gasteiger charge is -2.26. The molecule has 1 aromatic rings. The second-order valence-electron chi connectivity index (χ2n) is 6.52. The van der Waals surface area contributed by atoms with Crippen molar-refractivity contribution in [3.05, 3.63) is 35.9 Å². The number of carboxylic acids is 1. The van der Waals surface area contributed by atoms with Crippen molar-refractivity contribution in [2.45, 2.75) is 45.7 Å². The number of nitrogens with zero attached hydrogens (tertiary/aromatic N) is 1. The zero-order valence-corrected chi connectivity index (χ0v) is 17.8. The highest BCUT2D eigenvalue weighted by Gasteiger charge is 2.29. The predicted octanol–water partition coefficient (Wildman–Crippen LogP) is 1.41. The van der Waals surface area contributed by atoms with Crippen LogP contribution in [0.5, 0.6) is 0 Å². The van der Waals surface area contributed by atoms with E-state index in [2.05, 4.69) is 5.32 Å². The van der Waals surface area contributed by atoms with Crippen molar-refractivity contribution >= 4 is 17.8 Å². The smallest absolute Gasteiger partial charge is 0.325 e. The van der Waals surface area contributed by atoms with E-state index in [-0.39, 0.29) is 19.8 Å². The topological polar surface area (TPSA) is 114 Å². The Morgan fingerprint density at radius 1 is 1.10 bits per heavy atom. The van der Waals surface area contributed by atoms with Gasteiger partial charge >= 0.3 is 11.9 Å². The molecule has 2 N–H and O–H groups in total. The quantitative estimate of drug-likeness (QED) is 0.247. The van der Waals surface area contributed by atoms with Gasteiger partial charge in [-0.05, 0) is 39.2 Å². The van der Waals surface area contributed by atoms with Crippen LogP contribution in [0.15, 0.2) is 30.3 Å². The van der Waals surface area contributed by atoms with Crippen LogP contribution in [0.1, 0.15) is 32.8 Å². The Morgan fingerprint density at radius 3 is 2.40 bits per heavy atom. The first-order valence-corrected chi connectivity index (χ1v) is 10.1. The van der Waals surface area contributed by atoms with Crippen molar-refractivity contribution < 1.29 is 33.8 Å². The van der Waals surface area contributed by atoms with Gasteiger partial charge in [0.15, 0.2) is 0 Å². The van der Waals surface area contributed by atoms with Crippen molar-refractivity contribution in [3.63, 3.8) is 0 Å². The minimum Gasteiger partial charge on any atom is -0.480 e. The summed E-state index contributed by atoms with van der Waals surface area (Å²) >= 11 is 0. The molecule has 9 heteroatoms. The van der Waals surface area contributed by atoms with Gasteiger partial charge in [-0.25, -0.2) is 5.06 Å². The van der Waals surface area contributed by atoms with E-state index < -0.39 is 36.5 Å². The van der Waals surface area contributed by atoms with Crippen LogP contribution in [-0.2, 0) is 35.1 Å². The lowest BCUT2D eigenvalue weighted by Crippen LogP contribution is -2.52. The van der Waals surface area contributed by atoms with E-state index in [4.69, 9.17) is 19.4 Å². The van der Waals surface area contributed by atoms with E-state index in [0.717, 1.165) is 10.6 Å². The first-order valence-electron chi connectivity index (χ1n) is 10.1. The number of rotatable bonds is 15. The normalized spacial score (nSPS) is 12.8. The number of aryl methyl sites for hydroxylation is 1. The third kappa shape index (κ3) is 9.82. The third-order valence-corrected chi connectivity index (χ3v) is 4.16. The zero-order chi connectivity index (χ0) is 22.4. The molecule has 0 saturated carbocycles. The summed E-state index contributed by atoms with van der Waals surface area (Å²) in [6.07, 6.45) is 1.03. The molecule has 0 aliphatic heterocycles. The summed E-state index contributed by atoms with van der Waals surface area (Å²) in [6.45, 7) is 5.42. The van der Waals surface area contributed by atoms with E-state index in [0.29, 0.717) is 19.4 Å². The number of ether oxygens (including phenoxy) is 2. The summed E-state index contributed by atoms with van der Waals surface area (Å²) < 4.78 is 10.3. The van der Waals surface area contributed by atoms with Crippen LogP contribution in [0.25, 0.3) is 0 Å². The number of carboxylic acid groups (broad SMARTS) is 1. The van der Waals surface area contributed by atoms with E-state index in [1.807, 2.05) is 37.3 Å². The van der Waals surface area contributed by atoms with Crippen LogP contribution in [0.4, 0.5) is 0 Å². The number of hydrogen-bond donors (Lipinski definition) is 2. The lowest BCUT2D eigenvalue weighted by atomic mass is 10.0. The molecule has 0 spiro atoms. The molecular weight excluding hydrogens is 392 g/mol. The number of benzene rings is 1. The Bertz CT molecular complexity index is 654. The molecule has 0 aromatic heterocycles. The van der Waals surface area contributed by atoms with Gasteiger partial charge in [-0.1, -0.05) is 30.3 Å². The van der Waals surface area contributed by atoms with Gasteiger partial charge in [0, 0.05) is 6.61 Å². The monoisotopic (exact) mass is 424 g/mol. The molecule has 30 heavy (non-hydrogen) atoms. The van der Waals surface area contributed by atoms with Gasteiger partial charge in [0.1, 0.15) is 12.6 Å². The van der Waals surface area contributed by atoms with E-state index in [1.165, 1.54) is 0 Å². The molecule has 0 radical (unpaired) electrons. The van der Waals surface area contributed by atoms with E-state index in [9.17, 15) is 14.4 Å². The summed E-state index contributed by atoms with van der Waals surface area (Å²) in [6, 6.07) is 8.07. The highest BCUT2D eigenvalue weighted by atomic mass is 16.7. The SMILES string of the molecule is CCOCCON(CC(=O)O)C(=O)C(C)NC(CCc1ccccc1)C(=O)OCC. The van der Waals surface area contributed by atoms with Crippen LogP contribution in [0.2, 0.25) is 0 Å². The molecule has 9 nitrogen and oxygen atoms in total. The highest BCUT2D eigenvalue weighted by Crippen LogP contribution is 2.08. The average molecular weight is 424 g/mol.